The lowest BCUT2D eigenvalue weighted by Gasteiger charge is -2.37. The molecular weight excluding hydrogens is 238 g/mol. The summed E-state index contributed by atoms with van der Waals surface area (Å²) in [5, 5.41) is -0.408. The number of rotatable bonds is 3. The molecule has 2 aliphatic rings. The minimum absolute atomic E-state index is 0.0801. The highest BCUT2D eigenvalue weighted by Gasteiger charge is 2.49. The van der Waals surface area contributed by atoms with Crippen molar-refractivity contribution in [3.8, 4) is 0 Å². The number of hydrogen-bond acceptors (Lipinski definition) is 2. The van der Waals surface area contributed by atoms with Gasteiger partial charge in [-0.3, -0.25) is 4.79 Å². The summed E-state index contributed by atoms with van der Waals surface area (Å²) in [6.45, 7) is 4.24. The average Bonchev–Trinajstić information content (AvgIpc) is 2.67. The van der Waals surface area contributed by atoms with E-state index in [9.17, 15) is 4.79 Å². The second-order valence-electron chi connectivity index (χ2n) is 5.57. The Balaban J connectivity index is 2.10. The molecular formula is C13H22ClNO2. The Hall–Kier alpha value is -0.280. The molecule has 1 saturated heterocycles. The lowest BCUT2D eigenvalue weighted by Crippen LogP contribution is -2.39. The first-order valence-electron chi connectivity index (χ1n) is 6.51. The molecule has 1 amide bonds. The normalized spacial score (nSPS) is 34.5. The molecule has 2 fully saturated rings. The number of hydrogen-bond donors (Lipinski definition) is 0. The number of fused-ring (bicyclic) bond motifs is 1. The predicted octanol–water partition coefficient (Wildman–Crippen LogP) is 2.28. The molecule has 0 radical (unpaired) electrons. The van der Waals surface area contributed by atoms with Crippen LogP contribution in [0.2, 0.25) is 0 Å². The maximum Gasteiger partial charge on any atom is 0.240 e. The third-order valence-corrected chi connectivity index (χ3v) is 4.56. The van der Waals surface area contributed by atoms with Crippen LogP contribution in [0.5, 0.6) is 0 Å². The summed E-state index contributed by atoms with van der Waals surface area (Å²) in [4.78, 5) is 13.9. The Morgan fingerprint density at radius 3 is 3.00 bits per heavy atom. The van der Waals surface area contributed by atoms with Crippen LogP contribution in [0.15, 0.2) is 0 Å². The van der Waals surface area contributed by atoms with Gasteiger partial charge in [-0.2, -0.15) is 0 Å². The zero-order chi connectivity index (χ0) is 12.5. The van der Waals surface area contributed by atoms with E-state index in [-0.39, 0.29) is 11.3 Å². The number of halogens is 1. The van der Waals surface area contributed by atoms with Crippen molar-refractivity contribution in [3.63, 3.8) is 0 Å². The molecule has 0 aromatic carbocycles. The SMILES string of the molecule is COC[C@]12CCCC[C@@H]1CN(C(=O)[C@H](C)Cl)C2. The van der Waals surface area contributed by atoms with Crippen molar-refractivity contribution in [3.05, 3.63) is 0 Å². The van der Waals surface area contributed by atoms with E-state index in [1.54, 1.807) is 14.0 Å². The third-order valence-electron chi connectivity index (χ3n) is 4.37. The van der Waals surface area contributed by atoms with Crippen LogP contribution in [0.25, 0.3) is 0 Å². The Morgan fingerprint density at radius 1 is 1.59 bits per heavy atom. The summed E-state index contributed by atoms with van der Waals surface area (Å²) in [5.74, 6) is 0.687. The lowest BCUT2D eigenvalue weighted by atomic mass is 9.69. The first-order chi connectivity index (χ1) is 8.09. The van der Waals surface area contributed by atoms with E-state index in [1.807, 2.05) is 4.90 Å². The first-order valence-corrected chi connectivity index (χ1v) is 6.94. The summed E-state index contributed by atoms with van der Waals surface area (Å²) >= 11 is 5.91. The van der Waals surface area contributed by atoms with Gasteiger partial charge in [0.05, 0.1) is 6.61 Å². The van der Waals surface area contributed by atoms with Crippen LogP contribution in [-0.2, 0) is 9.53 Å². The Labute approximate surface area is 108 Å². The monoisotopic (exact) mass is 259 g/mol. The number of carbonyl (C=O) groups is 1. The first kappa shape index (κ1) is 13.2. The fourth-order valence-electron chi connectivity index (χ4n) is 3.52. The van der Waals surface area contributed by atoms with Crippen LogP contribution in [0, 0.1) is 11.3 Å². The number of nitrogens with zero attached hydrogens (tertiary/aromatic N) is 1. The van der Waals surface area contributed by atoms with Crippen LogP contribution in [-0.4, -0.2) is 43.0 Å². The van der Waals surface area contributed by atoms with Crippen LogP contribution < -0.4 is 0 Å². The largest absolute Gasteiger partial charge is 0.384 e. The lowest BCUT2D eigenvalue weighted by molar-refractivity contribution is -0.130. The molecule has 98 valence electrons. The Bertz CT molecular complexity index is 291. The molecule has 1 aliphatic carbocycles. The molecule has 1 saturated carbocycles. The number of alkyl halides is 1. The fraction of sp³-hybridized carbons (Fsp3) is 0.923. The molecule has 1 aliphatic heterocycles. The molecule has 0 N–H and O–H groups in total. The van der Waals surface area contributed by atoms with E-state index in [2.05, 4.69) is 0 Å². The zero-order valence-corrected chi connectivity index (χ0v) is 11.5. The number of methoxy groups -OCH3 is 1. The molecule has 0 spiro atoms. The molecule has 17 heavy (non-hydrogen) atoms. The van der Waals surface area contributed by atoms with E-state index >= 15 is 0 Å². The van der Waals surface area contributed by atoms with E-state index in [4.69, 9.17) is 16.3 Å². The van der Waals surface area contributed by atoms with Gasteiger partial charge in [0.1, 0.15) is 5.38 Å². The second-order valence-corrected chi connectivity index (χ2v) is 6.23. The maximum absolute atomic E-state index is 12.0. The molecule has 4 heteroatoms. The van der Waals surface area contributed by atoms with Crippen molar-refractivity contribution in [2.75, 3.05) is 26.8 Å². The van der Waals surface area contributed by atoms with E-state index < -0.39 is 5.38 Å². The van der Waals surface area contributed by atoms with Gasteiger partial charge >= 0.3 is 0 Å². The van der Waals surface area contributed by atoms with Gasteiger partial charge in [-0.25, -0.2) is 0 Å². The summed E-state index contributed by atoms with van der Waals surface area (Å²) in [6.07, 6.45) is 4.96. The summed E-state index contributed by atoms with van der Waals surface area (Å²) in [5.41, 5.74) is 0.203. The minimum Gasteiger partial charge on any atom is -0.384 e. The summed E-state index contributed by atoms with van der Waals surface area (Å²) < 4.78 is 5.40. The van der Waals surface area contributed by atoms with Gasteiger partial charge in [0.2, 0.25) is 5.91 Å². The standard InChI is InChI=1S/C13H22ClNO2/c1-10(14)12(16)15-7-11-5-3-4-6-13(11,8-15)9-17-2/h10-11H,3-9H2,1-2H3/t10-,11+,13+/m0/s1. The van der Waals surface area contributed by atoms with E-state index in [0.717, 1.165) is 19.7 Å². The maximum atomic E-state index is 12.0. The van der Waals surface area contributed by atoms with Crippen LogP contribution in [0.3, 0.4) is 0 Å². The van der Waals surface area contributed by atoms with Crippen molar-refractivity contribution in [1.29, 1.82) is 0 Å². The van der Waals surface area contributed by atoms with E-state index in [0.29, 0.717) is 5.92 Å². The smallest absolute Gasteiger partial charge is 0.240 e. The minimum atomic E-state index is -0.408. The molecule has 3 nitrogen and oxygen atoms in total. The van der Waals surface area contributed by atoms with Crippen molar-refractivity contribution >= 4 is 17.5 Å². The topological polar surface area (TPSA) is 29.5 Å². The zero-order valence-electron chi connectivity index (χ0n) is 10.7. The Kier molecular flexibility index (Phi) is 3.99. The Morgan fingerprint density at radius 2 is 2.35 bits per heavy atom. The predicted molar refractivity (Wildman–Crippen MR) is 68.2 cm³/mol. The molecule has 0 aromatic heterocycles. The second kappa shape index (κ2) is 5.15. The van der Waals surface area contributed by atoms with Gasteiger partial charge in [-0.05, 0) is 25.7 Å². The molecule has 3 atom stereocenters. The van der Waals surface area contributed by atoms with Gasteiger partial charge in [0.15, 0.2) is 0 Å². The molecule has 0 unspecified atom stereocenters. The average molecular weight is 260 g/mol. The van der Waals surface area contributed by atoms with Gasteiger partial charge < -0.3 is 9.64 Å². The molecule has 1 heterocycles. The fourth-order valence-corrected chi connectivity index (χ4v) is 3.66. The number of ether oxygens (including phenoxy) is 1. The van der Waals surface area contributed by atoms with Crippen LogP contribution >= 0.6 is 11.6 Å². The third kappa shape index (κ3) is 2.45. The molecule has 0 bridgehead atoms. The number of likely N-dealkylation sites (tertiary alicyclic amines) is 1. The summed E-state index contributed by atoms with van der Waals surface area (Å²) in [6, 6.07) is 0. The van der Waals surface area contributed by atoms with Crippen molar-refractivity contribution in [2.24, 2.45) is 11.3 Å². The number of amides is 1. The van der Waals surface area contributed by atoms with Crippen molar-refractivity contribution in [1.82, 2.24) is 4.90 Å². The van der Waals surface area contributed by atoms with Crippen LogP contribution in [0.4, 0.5) is 0 Å². The van der Waals surface area contributed by atoms with Gasteiger partial charge in [0, 0.05) is 25.6 Å². The van der Waals surface area contributed by atoms with Crippen molar-refractivity contribution < 1.29 is 9.53 Å². The molecule has 0 aromatic rings. The van der Waals surface area contributed by atoms with E-state index in [1.165, 1.54) is 25.7 Å². The highest BCUT2D eigenvalue weighted by molar-refractivity contribution is 6.30. The van der Waals surface area contributed by atoms with Gasteiger partial charge in [0.25, 0.3) is 0 Å². The summed E-state index contributed by atoms with van der Waals surface area (Å²) in [7, 11) is 1.76. The van der Waals surface area contributed by atoms with Gasteiger partial charge in [-0.1, -0.05) is 12.8 Å². The van der Waals surface area contributed by atoms with Gasteiger partial charge in [-0.15, -0.1) is 11.6 Å². The van der Waals surface area contributed by atoms with Crippen LogP contribution in [0.1, 0.15) is 32.6 Å². The molecule has 2 rings (SSSR count). The number of carbonyl (C=O) groups excluding carboxylic acids is 1. The quantitative estimate of drug-likeness (QED) is 0.728. The van der Waals surface area contributed by atoms with Crippen molar-refractivity contribution in [2.45, 2.75) is 38.0 Å². The highest BCUT2D eigenvalue weighted by Crippen LogP contribution is 2.47. The highest BCUT2D eigenvalue weighted by atomic mass is 35.5.